The summed E-state index contributed by atoms with van der Waals surface area (Å²) in [6, 6.07) is 65.8. The molecule has 10 aromatic rings. The molecule has 0 aliphatic heterocycles. The molecule has 10 rings (SSSR count). The number of hydrogen-bond donors (Lipinski definition) is 0. The van der Waals surface area contributed by atoms with Crippen LogP contribution in [0.5, 0.6) is 0 Å². The van der Waals surface area contributed by atoms with Crippen LogP contribution in [0.3, 0.4) is 0 Å². The number of hydrogen-bond acceptors (Lipinski definition) is 1. The molecule has 0 spiro atoms. The molecule has 0 bridgehead atoms. The highest BCUT2D eigenvalue weighted by Crippen LogP contribution is 2.47. The molecule has 0 unspecified atom stereocenters. The highest BCUT2D eigenvalue weighted by atomic mass is 16.3. The summed E-state index contributed by atoms with van der Waals surface area (Å²) in [5.74, 6) is 0. The molecule has 1 nitrogen and oxygen atoms in total. The van der Waals surface area contributed by atoms with Gasteiger partial charge < -0.3 is 4.42 Å². The van der Waals surface area contributed by atoms with Crippen LogP contribution >= 0.6 is 0 Å². The second kappa shape index (κ2) is 11.1. The van der Waals surface area contributed by atoms with Crippen LogP contribution in [0.15, 0.2) is 186 Å². The minimum atomic E-state index is 0.909. The molecule has 9 aromatic carbocycles. The van der Waals surface area contributed by atoms with Gasteiger partial charge in [0.25, 0.3) is 0 Å². The summed E-state index contributed by atoms with van der Waals surface area (Å²) in [5, 5.41) is 9.71. The maximum Gasteiger partial charge on any atom is 0.136 e. The fourth-order valence-electron chi connectivity index (χ4n) is 7.86. The lowest BCUT2D eigenvalue weighted by Gasteiger charge is -2.20. The van der Waals surface area contributed by atoms with Crippen LogP contribution in [0.1, 0.15) is 0 Å². The molecule has 49 heavy (non-hydrogen) atoms. The van der Waals surface area contributed by atoms with E-state index >= 15 is 0 Å². The first-order valence-electron chi connectivity index (χ1n) is 16.8. The second-order valence-corrected chi connectivity index (χ2v) is 12.8. The molecule has 1 heterocycles. The first kappa shape index (κ1) is 27.7. The summed E-state index contributed by atoms with van der Waals surface area (Å²) in [4.78, 5) is 0. The van der Waals surface area contributed by atoms with Crippen LogP contribution in [-0.2, 0) is 0 Å². The lowest BCUT2D eigenvalue weighted by molar-refractivity contribution is 0.669. The van der Waals surface area contributed by atoms with E-state index in [1.165, 1.54) is 71.3 Å². The molecule has 0 fully saturated rings. The van der Waals surface area contributed by atoms with Gasteiger partial charge in [0, 0.05) is 10.8 Å². The Hall–Kier alpha value is -6.44. The highest BCUT2D eigenvalue weighted by Gasteiger charge is 2.20. The van der Waals surface area contributed by atoms with Gasteiger partial charge in [-0.15, -0.1) is 0 Å². The SMILES string of the molecule is c1ccc(-c2ccc3c(-c4ccccc4)ccc(-c4c5ccccc5c(-c5ccc6c(c5)oc5ccccc56)c5ccccc45)c3c2)cc1. The van der Waals surface area contributed by atoms with Gasteiger partial charge >= 0.3 is 0 Å². The van der Waals surface area contributed by atoms with Crippen LogP contribution < -0.4 is 0 Å². The van der Waals surface area contributed by atoms with Gasteiger partial charge in [0.1, 0.15) is 11.2 Å². The Kier molecular flexibility index (Phi) is 6.25. The van der Waals surface area contributed by atoms with Crippen molar-refractivity contribution in [3.05, 3.63) is 182 Å². The molecule has 0 N–H and O–H groups in total. The molecule has 0 radical (unpaired) electrons. The first-order valence-corrected chi connectivity index (χ1v) is 16.8. The quantitative estimate of drug-likeness (QED) is 0.178. The average Bonchev–Trinajstić information content (AvgIpc) is 3.55. The van der Waals surface area contributed by atoms with Gasteiger partial charge in [0.2, 0.25) is 0 Å². The van der Waals surface area contributed by atoms with Crippen molar-refractivity contribution in [2.75, 3.05) is 0 Å². The monoisotopic (exact) mass is 622 g/mol. The molecule has 0 saturated heterocycles. The Balaban J connectivity index is 1.29. The molecule has 1 heteroatoms. The largest absolute Gasteiger partial charge is 0.456 e. The number of benzene rings is 9. The fourth-order valence-corrected chi connectivity index (χ4v) is 7.86. The lowest BCUT2D eigenvalue weighted by atomic mass is 9.83. The van der Waals surface area contributed by atoms with E-state index in [4.69, 9.17) is 4.42 Å². The zero-order valence-electron chi connectivity index (χ0n) is 26.7. The minimum Gasteiger partial charge on any atom is -0.456 e. The van der Waals surface area contributed by atoms with Crippen molar-refractivity contribution in [1.29, 1.82) is 0 Å². The summed E-state index contributed by atoms with van der Waals surface area (Å²) in [6.07, 6.45) is 0. The van der Waals surface area contributed by atoms with E-state index in [2.05, 4.69) is 170 Å². The Morgan fingerprint density at radius 1 is 0.245 bits per heavy atom. The van der Waals surface area contributed by atoms with Crippen LogP contribution in [0.25, 0.3) is 98.8 Å². The van der Waals surface area contributed by atoms with Crippen LogP contribution in [-0.4, -0.2) is 0 Å². The summed E-state index contributed by atoms with van der Waals surface area (Å²) in [7, 11) is 0. The molecular weight excluding hydrogens is 593 g/mol. The van der Waals surface area contributed by atoms with Gasteiger partial charge in [-0.05, 0) is 101 Å². The molecular formula is C48H30O. The van der Waals surface area contributed by atoms with Crippen molar-refractivity contribution in [2.45, 2.75) is 0 Å². The molecule has 0 saturated carbocycles. The fraction of sp³-hybridized carbons (Fsp3) is 0. The number of fused-ring (bicyclic) bond motifs is 6. The Morgan fingerprint density at radius 3 is 1.45 bits per heavy atom. The van der Waals surface area contributed by atoms with Crippen molar-refractivity contribution >= 4 is 54.3 Å². The van der Waals surface area contributed by atoms with Gasteiger partial charge in [0.05, 0.1) is 0 Å². The second-order valence-electron chi connectivity index (χ2n) is 12.8. The topological polar surface area (TPSA) is 13.1 Å². The van der Waals surface area contributed by atoms with Crippen molar-refractivity contribution in [3.8, 4) is 44.5 Å². The van der Waals surface area contributed by atoms with E-state index in [1.807, 2.05) is 12.1 Å². The van der Waals surface area contributed by atoms with Crippen molar-refractivity contribution in [2.24, 2.45) is 0 Å². The Labute approximate surface area is 284 Å². The van der Waals surface area contributed by atoms with E-state index in [0.717, 1.165) is 27.5 Å². The van der Waals surface area contributed by atoms with Gasteiger partial charge in [-0.3, -0.25) is 0 Å². The van der Waals surface area contributed by atoms with Crippen LogP contribution in [0, 0.1) is 0 Å². The number of para-hydroxylation sites is 1. The molecule has 1 aromatic heterocycles. The van der Waals surface area contributed by atoms with Crippen molar-refractivity contribution < 1.29 is 4.42 Å². The predicted molar refractivity (Wildman–Crippen MR) is 208 cm³/mol. The third-order valence-electron chi connectivity index (χ3n) is 10.1. The molecule has 0 aliphatic rings. The standard InChI is InChI=1S/C48H30O/c1-3-13-31(14-4-1)33-23-25-36-35(32-15-5-2-6-16-32)27-28-43(44(36)29-33)48-41-20-9-7-18-39(41)47(40-19-8-10-21-42(40)48)34-24-26-38-37-17-11-12-22-45(37)49-46(38)30-34/h1-30H. The zero-order valence-corrected chi connectivity index (χ0v) is 26.7. The lowest BCUT2D eigenvalue weighted by Crippen LogP contribution is -1.93. The van der Waals surface area contributed by atoms with E-state index in [9.17, 15) is 0 Å². The maximum absolute atomic E-state index is 6.38. The Morgan fingerprint density at radius 2 is 0.755 bits per heavy atom. The number of rotatable bonds is 4. The zero-order chi connectivity index (χ0) is 32.3. The number of furan rings is 1. The summed E-state index contributed by atoms with van der Waals surface area (Å²) < 4.78 is 6.38. The third-order valence-corrected chi connectivity index (χ3v) is 10.1. The van der Waals surface area contributed by atoms with Gasteiger partial charge in [-0.2, -0.15) is 0 Å². The van der Waals surface area contributed by atoms with Crippen LogP contribution in [0.2, 0.25) is 0 Å². The minimum absolute atomic E-state index is 0.909. The smallest absolute Gasteiger partial charge is 0.136 e. The van der Waals surface area contributed by atoms with Crippen molar-refractivity contribution in [1.82, 2.24) is 0 Å². The van der Waals surface area contributed by atoms with Crippen LogP contribution in [0.4, 0.5) is 0 Å². The van der Waals surface area contributed by atoms with E-state index in [1.54, 1.807) is 0 Å². The van der Waals surface area contributed by atoms with Gasteiger partial charge in [-0.25, -0.2) is 0 Å². The summed E-state index contributed by atoms with van der Waals surface area (Å²) in [6.45, 7) is 0. The third kappa shape index (κ3) is 4.40. The van der Waals surface area contributed by atoms with Crippen molar-refractivity contribution in [3.63, 3.8) is 0 Å². The van der Waals surface area contributed by atoms with E-state index in [-0.39, 0.29) is 0 Å². The molecule has 0 atom stereocenters. The molecule has 0 aliphatic carbocycles. The summed E-state index contributed by atoms with van der Waals surface area (Å²) in [5.41, 5.74) is 11.6. The van der Waals surface area contributed by atoms with Gasteiger partial charge in [-0.1, -0.05) is 158 Å². The normalized spacial score (nSPS) is 11.7. The Bertz CT molecular complexity index is 2800. The molecule has 228 valence electrons. The first-order chi connectivity index (χ1) is 24.3. The maximum atomic E-state index is 6.38. The predicted octanol–water partition coefficient (Wildman–Crippen LogP) is 13.7. The molecule has 0 amide bonds. The van der Waals surface area contributed by atoms with Gasteiger partial charge in [0.15, 0.2) is 0 Å². The summed E-state index contributed by atoms with van der Waals surface area (Å²) >= 11 is 0. The van der Waals surface area contributed by atoms with E-state index < -0.39 is 0 Å². The average molecular weight is 623 g/mol. The van der Waals surface area contributed by atoms with E-state index in [0.29, 0.717) is 0 Å². The highest BCUT2D eigenvalue weighted by molar-refractivity contribution is 6.24.